The highest BCUT2D eigenvalue weighted by Crippen LogP contribution is 2.33. The van der Waals surface area contributed by atoms with Crippen molar-refractivity contribution in [1.82, 2.24) is 0 Å². The number of nitrogens with one attached hydrogen (secondary N) is 1. The molecule has 0 unspecified atom stereocenters. The van der Waals surface area contributed by atoms with Gasteiger partial charge in [0.2, 0.25) is 0 Å². The number of para-hydroxylation sites is 4. The standard InChI is InChI=1S/C28H24N2O5S/c31-28(29-25-11-5-7-13-27(25)35-23-9-2-1-3-10-23)20-34-22-14-16-24(17-15-22)36(32,33)30-19-18-21-8-4-6-12-26(21)30/h1-17H,18-20H2,(H,29,31). The summed E-state index contributed by atoms with van der Waals surface area (Å²) in [4.78, 5) is 12.7. The van der Waals surface area contributed by atoms with Crippen LogP contribution in [0.15, 0.2) is 108 Å². The van der Waals surface area contributed by atoms with Gasteiger partial charge in [-0.2, -0.15) is 0 Å². The molecule has 4 aromatic carbocycles. The van der Waals surface area contributed by atoms with Crippen molar-refractivity contribution < 1.29 is 22.7 Å². The topological polar surface area (TPSA) is 84.9 Å². The molecule has 1 aliphatic heterocycles. The van der Waals surface area contributed by atoms with Crippen LogP contribution in [0.4, 0.5) is 11.4 Å². The first-order chi connectivity index (χ1) is 17.5. The molecule has 0 radical (unpaired) electrons. The van der Waals surface area contributed by atoms with Gasteiger partial charge in [0.1, 0.15) is 11.5 Å². The average Bonchev–Trinajstić information content (AvgIpc) is 3.35. The van der Waals surface area contributed by atoms with Gasteiger partial charge < -0.3 is 14.8 Å². The third kappa shape index (κ3) is 5.04. The molecule has 36 heavy (non-hydrogen) atoms. The number of nitrogens with zero attached hydrogens (tertiary/aromatic N) is 1. The lowest BCUT2D eigenvalue weighted by Crippen LogP contribution is -2.29. The van der Waals surface area contributed by atoms with Crippen LogP contribution in [0.3, 0.4) is 0 Å². The lowest BCUT2D eigenvalue weighted by atomic mass is 10.2. The van der Waals surface area contributed by atoms with E-state index < -0.39 is 10.0 Å². The molecule has 182 valence electrons. The van der Waals surface area contributed by atoms with E-state index in [1.807, 2.05) is 60.7 Å². The molecule has 8 heteroatoms. The largest absolute Gasteiger partial charge is 0.484 e. The van der Waals surface area contributed by atoms with Gasteiger partial charge in [0.15, 0.2) is 12.4 Å². The molecular formula is C28H24N2O5S. The van der Waals surface area contributed by atoms with Crippen molar-refractivity contribution in [3.63, 3.8) is 0 Å². The van der Waals surface area contributed by atoms with Crippen LogP contribution in [-0.2, 0) is 21.2 Å². The Morgan fingerprint density at radius 3 is 2.31 bits per heavy atom. The Morgan fingerprint density at radius 2 is 1.50 bits per heavy atom. The van der Waals surface area contributed by atoms with E-state index in [0.717, 1.165) is 5.56 Å². The summed E-state index contributed by atoms with van der Waals surface area (Å²) in [6.07, 6.45) is 0.686. The van der Waals surface area contributed by atoms with Gasteiger partial charge in [-0.05, 0) is 66.6 Å². The first-order valence-electron chi connectivity index (χ1n) is 11.5. The molecule has 1 N–H and O–H groups in total. The Morgan fingerprint density at radius 1 is 0.806 bits per heavy atom. The number of sulfonamides is 1. The maximum atomic E-state index is 13.1. The second-order valence-corrected chi connectivity index (χ2v) is 10.0. The zero-order valence-electron chi connectivity index (χ0n) is 19.3. The molecule has 0 saturated carbocycles. The van der Waals surface area contributed by atoms with E-state index in [1.165, 1.54) is 16.4 Å². The summed E-state index contributed by atoms with van der Waals surface area (Å²) in [6.45, 7) is 0.167. The minimum atomic E-state index is -3.69. The fraction of sp³-hybridized carbons (Fsp3) is 0.107. The highest BCUT2D eigenvalue weighted by molar-refractivity contribution is 7.92. The summed E-state index contributed by atoms with van der Waals surface area (Å²) in [5.41, 5.74) is 2.25. The van der Waals surface area contributed by atoms with Crippen molar-refractivity contribution in [3.8, 4) is 17.2 Å². The maximum Gasteiger partial charge on any atom is 0.264 e. The second kappa shape index (κ2) is 10.1. The smallest absolute Gasteiger partial charge is 0.264 e. The Bertz CT molecular complexity index is 1470. The number of hydrogen-bond acceptors (Lipinski definition) is 5. The summed E-state index contributed by atoms with van der Waals surface area (Å²) in [6, 6.07) is 30.0. The molecule has 5 rings (SSSR count). The van der Waals surface area contributed by atoms with Crippen molar-refractivity contribution in [2.75, 3.05) is 22.8 Å². The van der Waals surface area contributed by atoms with E-state index in [4.69, 9.17) is 9.47 Å². The maximum absolute atomic E-state index is 13.1. The highest BCUT2D eigenvalue weighted by Gasteiger charge is 2.30. The van der Waals surface area contributed by atoms with Crippen LogP contribution in [0.1, 0.15) is 5.56 Å². The fourth-order valence-corrected chi connectivity index (χ4v) is 5.51. The summed E-state index contributed by atoms with van der Waals surface area (Å²) >= 11 is 0. The number of carbonyl (C=O) groups is 1. The Labute approximate surface area is 210 Å². The third-order valence-electron chi connectivity index (χ3n) is 5.76. The normalized spacial score (nSPS) is 12.6. The average molecular weight is 501 g/mol. The van der Waals surface area contributed by atoms with Crippen LogP contribution in [0.25, 0.3) is 0 Å². The molecule has 1 heterocycles. The van der Waals surface area contributed by atoms with E-state index in [0.29, 0.717) is 41.6 Å². The van der Waals surface area contributed by atoms with E-state index >= 15 is 0 Å². The number of carbonyl (C=O) groups excluding carboxylic acids is 1. The van der Waals surface area contributed by atoms with Crippen molar-refractivity contribution in [2.45, 2.75) is 11.3 Å². The first kappa shape index (κ1) is 23.4. The Hall–Kier alpha value is -4.30. The van der Waals surface area contributed by atoms with Gasteiger partial charge in [-0.3, -0.25) is 9.10 Å². The summed E-state index contributed by atoms with van der Waals surface area (Å²) in [5, 5.41) is 2.79. The van der Waals surface area contributed by atoms with Gasteiger partial charge in [-0.15, -0.1) is 0 Å². The van der Waals surface area contributed by atoms with Crippen LogP contribution >= 0.6 is 0 Å². The number of fused-ring (bicyclic) bond motifs is 1. The summed E-state index contributed by atoms with van der Waals surface area (Å²) in [7, 11) is -3.69. The SMILES string of the molecule is O=C(COc1ccc(S(=O)(=O)N2CCc3ccccc32)cc1)Nc1ccccc1Oc1ccccc1. The molecule has 7 nitrogen and oxygen atoms in total. The van der Waals surface area contributed by atoms with Crippen LogP contribution in [0.2, 0.25) is 0 Å². The molecule has 0 aliphatic carbocycles. The Kier molecular flexibility index (Phi) is 6.60. The summed E-state index contributed by atoms with van der Waals surface area (Å²) in [5.74, 6) is 1.18. The van der Waals surface area contributed by atoms with Crippen LogP contribution in [0, 0.1) is 0 Å². The molecule has 1 amide bonds. The van der Waals surface area contributed by atoms with Crippen LogP contribution in [-0.4, -0.2) is 27.5 Å². The van der Waals surface area contributed by atoms with Gasteiger partial charge in [-0.25, -0.2) is 8.42 Å². The van der Waals surface area contributed by atoms with Crippen LogP contribution < -0.4 is 19.1 Å². The lowest BCUT2D eigenvalue weighted by Gasteiger charge is -2.19. The molecule has 0 atom stereocenters. The predicted octanol–water partition coefficient (Wildman–Crippen LogP) is 5.25. The van der Waals surface area contributed by atoms with Gasteiger partial charge in [0, 0.05) is 6.54 Å². The fourth-order valence-electron chi connectivity index (χ4n) is 4.00. The first-order valence-corrected chi connectivity index (χ1v) is 12.9. The molecule has 0 saturated heterocycles. The van der Waals surface area contributed by atoms with E-state index in [-0.39, 0.29) is 17.4 Å². The molecule has 1 aliphatic rings. The zero-order chi connectivity index (χ0) is 25.0. The van der Waals surface area contributed by atoms with E-state index in [2.05, 4.69) is 5.32 Å². The minimum Gasteiger partial charge on any atom is -0.484 e. The zero-order valence-corrected chi connectivity index (χ0v) is 20.1. The molecule has 0 bridgehead atoms. The molecule has 0 fully saturated rings. The summed E-state index contributed by atoms with van der Waals surface area (Å²) < 4.78 is 39.2. The molecular weight excluding hydrogens is 476 g/mol. The van der Waals surface area contributed by atoms with Crippen molar-refractivity contribution in [3.05, 3.63) is 109 Å². The number of hydrogen-bond donors (Lipinski definition) is 1. The van der Waals surface area contributed by atoms with Gasteiger partial charge in [0.05, 0.1) is 16.3 Å². The number of anilines is 2. The molecule has 0 spiro atoms. The number of amides is 1. The van der Waals surface area contributed by atoms with Crippen molar-refractivity contribution in [1.29, 1.82) is 0 Å². The van der Waals surface area contributed by atoms with Crippen molar-refractivity contribution in [2.24, 2.45) is 0 Å². The van der Waals surface area contributed by atoms with Crippen molar-refractivity contribution >= 4 is 27.3 Å². The number of benzene rings is 4. The second-order valence-electron chi connectivity index (χ2n) is 8.18. The van der Waals surface area contributed by atoms with Gasteiger partial charge in [0.25, 0.3) is 15.9 Å². The van der Waals surface area contributed by atoms with Crippen LogP contribution in [0.5, 0.6) is 17.2 Å². The van der Waals surface area contributed by atoms with Gasteiger partial charge in [-0.1, -0.05) is 48.5 Å². The number of ether oxygens (including phenoxy) is 2. The minimum absolute atomic E-state index is 0.169. The molecule has 4 aromatic rings. The van der Waals surface area contributed by atoms with Gasteiger partial charge >= 0.3 is 0 Å². The number of rotatable bonds is 8. The lowest BCUT2D eigenvalue weighted by molar-refractivity contribution is -0.118. The Balaban J connectivity index is 1.21. The third-order valence-corrected chi connectivity index (χ3v) is 7.59. The quantitative estimate of drug-likeness (QED) is 0.357. The molecule has 0 aromatic heterocycles. The monoisotopic (exact) mass is 500 g/mol. The van der Waals surface area contributed by atoms with E-state index in [9.17, 15) is 13.2 Å². The van der Waals surface area contributed by atoms with E-state index in [1.54, 1.807) is 30.3 Å². The predicted molar refractivity (Wildman–Crippen MR) is 138 cm³/mol. The highest BCUT2D eigenvalue weighted by atomic mass is 32.2.